The quantitative estimate of drug-likeness (QED) is 0.504. The highest BCUT2D eigenvalue weighted by Crippen LogP contribution is 2.33. The number of methoxy groups -OCH3 is 1. The number of carbonyl (C=O) groups excluding carboxylic acids is 1. The van der Waals surface area contributed by atoms with Crippen molar-refractivity contribution in [3.8, 4) is 11.5 Å². The highest BCUT2D eigenvalue weighted by atomic mass is 35.5. The van der Waals surface area contributed by atoms with Crippen molar-refractivity contribution >= 4 is 23.2 Å². The molecule has 0 aliphatic carbocycles. The van der Waals surface area contributed by atoms with E-state index < -0.39 is 0 Å². The average Bonchev–Trinajstić information content (AvgIpc) is 3.48. The molecule has 1 aliphatic rings. The molecule has 0 fully saturated rings. The minimum Gasteiger partial charge on any atom is -0.497 e. The topological polar surface area (TPSA) is 64.3 Å². The molecule has 0 bridgehead atoms. The van der Waals surface area contributed by atoms with Gasteiger partial charge < -0.3 is 13.9 Å². The summed E-state index contributed by atoms with van der Waals surface area (Å²) >= 11 is 6.17. The van der Waals surface area contributed by atoms with Crippen LogP contribution in [0.5, 0.6) is 11.5 Å². The highest BCUT2D eigenvalue weighted by Gasteiger charge is 2.35. The van der Waals surface area contributed by atoms with E-state index in [4.69, 9.17) is 25.5 Å². The summed E-state index contributed by atoms with van der Waals surface area (Å²) in [5.74, 6) is 1.79. The molecule has 160 valence electrons. The van der Waals surface area contributed by atoms with E-state index in [0.717, 1.165) is 29.0 Å². The fraction of sp³-hybridized carbons (Fsp3) is 0.250. The van der Waals surface area contributed by atoms with E-state index in [2.05, 4.69) is 5.10 Å². The number of nitrogens with zero attached hydrogens (tertiary/aromatic N) is 2. The largest absolute Gasteiger partial charge is 0.497 e. The third-order valence-corrected chi connectivity index (χ3v) is 5.59. The van der Waals surface area contributed by atoms with Gasteiger partial charge in [-0.25, -0.2) is 5.01 Å². The Morgan fingerprint density at radius 2 is 1.97 bits per heavy atom. The summed E-state index contributed by atoms with van der Waals surface area (Å²) in [6, 6.07) is 16.3. The molecule has 7 heteroatoms. The molecule has 0 radical (unpaired) electrons. The molecule has 1 aromatic heterocycles. The maximum atomic E-state index is 13.0. The Labute approximate surface area is 186 Å². The minimum absolute atomic E-state index is 0.138. The third kappa shape index (κ3) is 4.59. The van der Waals surface area contributed by atoms with Crippen molar-refractivity contribution < 1.29 is 18.7 Å². The van der Waals surface area contributed by atoms with Crippen LogP contribution < -0.4 is 9.47 Å². The first-order chi connectivity index (χ1) is 15.1. The van der Waals surface area contributed by atoms with Crippen LogP contribution in [-0.2, 0) is 11.2 Å². The molecule has 0 saturated carbocycles. The van der Waals surface area contributed by atoms with E-state index >= 15 is 0 Å². The lowest BCUT2D eigenvalue weighted by atomic mass is 10.0. The Morgan fingerprint density at radius 1 is 1.19 bits per heavy atom. The number of amides is 1. The van der Waals surface area contributed by atoms with Crippen LogP contribution in [0.1, 0.15) is 36.3 Å². The number of carbonyl (C=O) groups is 1. The van der Waals surface area contributed by atoms with Gasteiger partial charge in [-0.2, -0.15) is 5.10 Å². The van der Waals surface area contributed by atoms with Crippen LogP contribution >= 0.6 is 11.6 Å². The van der Waals surface area contributed by atoms with Gasteiger partial charge in [0.1, 0.15) is 23.3 Å². The summed E-state index contributed by atoms with van der Waals surface area (Å²) in [6.07, 6.45) is 2.93. The van der Waals surface area contributed by atoms with Crippen LogP contribution in [0.15, 0.2) is 70.4 Å². The van der Waals surface area contributed by atoms with Crippen molar-refractivity contribution in [1.29, 1.82) is 0 Å². The van der Waals surface area contributed by atoms with Gasteiger partial charge in [-0.3, -0.25) is 4.79 Å². The molecule has 1 aliphatic heterocycles. The van der Waals surface area contributed by atoms with E-state index in [0.29, 0.717) is 23.0 Å². The maximum Gasteiger partial charge on any atom is 0.281 e. The number of ether oxygens (including phenoxy) is 2. The maximum absolute atomic E-state index is 13.0. The Hall–Kier alpha value is -3.25. The second-order valence-electron chi connectivity index (χ2n) is 7.14. The summed E-state index contributed by atoms with van der Waals surface area (Å²) in [7, 11) is 1.62. The molecule has 0 spiro atoms. The number of halogens is 1. The molecule has 0 N–H and O–H groups in total. The van der Waals surface area contributed by atoms with Gasteiger partial charge in [0.25, 0.3) is 5.91 Å². The first-order valence-electron chi connectivity index (χ1n) is 10.1. The predicted molar refractivity (Wildman–Crippen MR) is 119 cm³/mol. The van der Waals surface area contributed by atoms with E-state index in [1.165, 1.54) is 5.01 Å². The summed E-state index contributed by atoms with van der Waals surface area (Å²) in [5, 5.41) is 6.75. The molecule has 2 heterocycles. The molecule has 31 heavy (non-hydrogen) atoms. The van der Waals surface area contributed by atoms with Crippen molar-refractivity contribution in [2.24, 2.45) is 5.10 Å². The van der Waals surface area contributed by atoms with Crippen molar-refractivity contribution in [2.75, 3.05) is 13.7 Å². The van der Waals surface area contributed by atoms with Gasteiger partial charge in [-0.15, -0.1) is 0 Å². The van der Waals surface area contributed by atoms with Crippen LogP contribution in [0.2, 0.25) is 5.02 Å². The van der Waals surface area contributed by atoms with Crippen LogP contribution in [0, 0.1) is 0 Å². The lowest BCUT2D eigenvalue weighted by Gasteiger charge is -2.20. The van der Waals surface area contributed by atoms with Crippen LogP contribution in [-0.4, -0.2) is 30.3 Å². The van der Waals surface area contributed by atoms with E-state index in [1.54, 1.807) is 31.6 Å². The minimum atomic E-state index is -0.320. The van der Waals surface area contributed by atoms with Crippen molar-refractivity contribution in [1.82, 2.24) is 5.01 Å². The number of aryl methyl sites for hydroxylation is 1. The Morgan fingerprint density at radius 3 is 2.65 bits per heavy atom. The van der Waals surface area contributed by atoms with Gasteiger partial charge in [-0.05, 0) is 72.1 Å². The Balaban J connectivity index is 1.53. The van der Waals surface area contributed by atoms with Crippen molar-refractivity contribution in [3.63, 3.8) is 0 Å². The summed E-state index contributed by atoms with van der Waals surface area (Å²) < 4.78 is 16.6. The number of hydrogen-bond acceptors (Lipinski definition) is 5. The molecule has 0 saturated heterocycles. The fourth-order valence-electron chi connectivity index (χ4n) is 3.52. The molecular weight excluding hydrogens is 416 g/mol. The zero-order chi connectivity index (χ0) is 21.8. The van der Waals surface area contributed by atoms with Crippen LogP contribution in [0.3, 0.4) is 0 Å². The first kappa shape index (κ1) is 21.0. The molecule has 1 unspecified atom stereocenters. The van der Waals surface area contributed by atoms with Crippen LogP contribution in [0.4, 0.5) is 0 Å². The molecule has 1 amide bonds. The number of rotatable bonds is 7. The van der Waals surface area contributed by atoms with Gasteiger partial charge in [0.05, 0.1) is 19.1 Å². The Kier molecular flexibility index (Phi) is 6.28. The van der Waals surface area contributed by atoms with Crippen LogP contribution in [0.25, 0.3) is 0 Å². The summed E-state index contributed by atoms with van der Waals surface area (Å²) in [4.78, 5) is 13.0. The number of benzene rings is 2. The van der Waals surface area contributed by atoms with E-state index in [9.17, 15) is 4.79 Å². The zero-order valence-corrected chi connectivity index (χ0v) is 18.1. The predicted octanol–water partition coefficient (Wildman–Crippen LogP) is 5.26. The smallest absolute Gasteiger partial charge is 0.281 e. The Bertz CT molecular complexity index is 1080. The number of furan rings is 1. The van der Waals surface area contributed by atoms with Gasteiger partial charge in [0.15, 0.2) is 6.61 Å². The summed E-state index contributed by atoms with van der Waals surface area (Å²) in [5.41, 5.74) is 2.71. The van der Waals surface area contributed by atoms with Gasteiger partial charge in [-0.1, -0.05) is 18.5 Å². The molecular formula is C24H23ClN2O4. The van der Waals surface area contributed by atoms with Gasteiger partial charge in [0.2, 0.25) is 0 Å². The van der Waals surface area contributed by atoms with E-state index in [-0.39, 0.29) is 18.6 Å². The standard InChI is InChI=1S/C24H23ClN2O4/c1-3-16-13-19(10-11-20(16)25)31-15-24(28)27-22(23-5-4-12-30-23)14-21(26-27)17-6-8-18(29-2)9-7-17/h4-13,22H,3,14-15H2,1-2H3. The molecule has 2 aromatic carbocycles. The average molecular weight is 439 g/mol. The molecule has 4 rings (SSSR count). The number of hydrazone groups is 1. The molecule has 3 aromatic rings. The van der Waals surface area contributed by atoms with E-state index in [1.807, 2.05) is 43.3 Å². The lowest BCUT2D eigenvalue weighted by molar-refractivity contribution is -0.135. The van der Waals surface area contributed by atoms with Crippen molar-refractivity contribution in [2.45, 2.75) is 25.8 Å². The van der Waals surface area contributed by atoms with Gasteiger partial charge >= 0.3 is 0 Å². The lowest BCUT2D eigenvalue weighted by Crippen LogP contribution is -2.31. The zero-order valence-electron chi connectivity index (χ0n) is 17.4. The van der Waals surface area contributed by atoms with Crippen molar-refractivity contribution in [3.05, 3.63) is 82.8 Å². The summed E-state index contributed by atoms with van der Waals surface area (Å²) in [6.45, 7) is 1.88. The normalized spacial score (nSPS) is 15.6. The third-order valence-electron chi connectivity index (χ3n) is 5.22. The molecule has 1 atom stereocenters. The monoisotopic (exact) mass is 438 g/mol. The number of hydrogen-bond donors (Lipinski definition) is 0. The second-order valence-corrected chi connectivity index (χ2v) is 7.55. The van der Waals surface area contributed by atoms with Gasteiger partial charge in [0, 0.05) is 11.4 Å². The first-order valence-corrected chi connectivity index (χ1v) is 10.5. The fourth-order valence-corrected chi connectivity index (χ4v) is 3.77. The second kappa shape index (κ2) is 9.27. The highest BCUT2D eigenvalue weighted by molar-refractivity contribution is 6.31. The molecule has 6 nitrogen and oxygen atoms in total. The SMILES string of the molecule is CCc1cc(OCC(=O)N2N=C(c3ccc(OC)cc3)CC2c2ccco2)ccc1Cl.